The number of guanidine groups is 1. The van der Waals surface area contributed by atoms with E-state index in [0.29, 0.717) is 0 Å². The highest BCUT2D eigenvalue weighted by Gasteiger charge is 2.13. The van der Waals surface area contributed by atoms with Crippen molar-refractivity contribution in [3.05, 3.63) is 0 Å². The summed E-state index contributed by atoms with van der Waals surface area (Å²) in [6, 6.07) is 0. The summed E-state index contributed by atoms with van der Waals surface area (Å²) in [5.41, 5.74) is 0. The van der Waals surface area contributed by atoms with Crippen molar-refractivity contribution in [1.29, 1.82) is 0 Å². The van der Waals surface area contributed by atoms with Gasteiger partial charge in [0.25, 0.3) is 0 Å². The van der Waals surface area contributed by atoms with E-state index in [-0.39, 0.29) is 24.0 Å². The molecular formula is C17H37IN4O. The quantitative estimate of drug-likeness (QED) is 0.225. The van der Waals surface area contributed by atoms with Gasteiger partial charge in [0.1, 0.15) is 0 Å². The summed E-state index contributed by atoms with van der Waals surface area (Å²) in [6.07, 6.45) is 9.48. The van der Waals surface area contributed by atoms with Crippen LogP contribution >= 0.6 is 24.0 Å². The molecule has 23 heavy (non-hydrogen) atoms. The molecule has 1 rings (SSSR count). The first-order chi connectivity index (χ1) is 10.8. The molecule has 1 aliphatic rings. The Bertz CT molecular complexity index is 296. The highest BCUT2D eigenvalue weighted by Crippen LogP contribution is 2.28. The van der Waals surface area contributed by atoms with E-state index in [1.54, 1.807) is 7.11 Å². The Morgan fingerprint density at radius 1 is 1.13 bits per heavy atom. The number of likely N-dealkylation sites (N-methyl/N-ethyl adjacent to an activating group) is 1. The van der Waals surface area contributed by atoms with Crippen molar-refractivity contribution in [2.24, 2.45) is 10.9 Å². The monoisotopic (exact) mass is 440 g/mol. The van der Waals surface area contributed by atoms with Crippen LogP contribution in [-0.4, -0.2) is 64.9 Å². The maximum atomic E-state index is 5.07. The number of nitrogens with zero attached hydrogens (tertiary/aromatic N) is 2. The Balaban J connectivity index is 0.00000484. The zero-order valence-electron chi connectivity index (χ0n) is 15.3. The van der Waals surface area contributed by atoms with E-state index in [1.165, 1.54) is 38.5 Å². The molecule has 0 bridgehead atoms. The fourth-order valence-electron chi connectivity index (χ4n) is 3.07. The van der Waals surface area contributed by atoms with E-state index in [4.69, 9.17) is 4.74 Å². The number of halogens is 1. The number of hydrogen-bond donors (Lipinski definition) is 2. The third-order valence-corrected chi connectivity index (χ3v) is 4.45. The average molecular weight is 440 g/mol. The molecule has 1 saturated carbocycles. The molecule has 0 aromatic carbocycles. The fraction of sp³-hybridized carbons (Fsp3) is 0.941. The zero-order valence-corrected chi connectivity index (χ0v) is 17.6. The first kappa shape index (κ1) is 22.9. The van der Waals surface area contributed by atoms with Gasteiger partial charge in [0.2, 0.25) is 0 Å². The predicted octanol–water partition coefficient (Wildman–Crippen LogP) is 2.71. The van der Waals surface area contributed by atoms with E-state index in [0.717, 1.165) is 51.1 Å². The van der Waals surface area contributed by atoms with Crippen LogP contribution in [0.3, 0.4) is 0 Å². The summed E-state index contributed by atoms with van der Waals surface area (Å²) in [7, 11) is 5.74. The number of rotatable bonds is 11. The second kappa shape index (κ2) is 15.4. The van der Waals surface area contributed by atoms with Crippen LogP contribution < -0.4 is 10.6 Å². The molecule has 0 amide bonds. The number of aliphatic imine (C=N–C) groups is 1. The minimum atomic E-state index is 0. The van der Waals surface area contributed by atoms with Gasteiger partial charge in [-0.15, -0.1) is 24.0 Å². The summed E-state index contributed by atoms with van der Waals surface area (Å²) in [4.78, 5) is 6.60. The molecule has 138 valence electrons. The Morgan fingerprint density at radius 3 is 2.48 bits per heavy atom. The van der Waals surface area contributed by atoms with Crippen molar-refractivity contribution in [2.75, 3.05) is 54.0 Å². The maximum Gasteiger partial charge on any atom is 0.191 e. The van der Waals surface area contributed by atoms with Crippen LogP contribution in [0.15, 0.2) is 4.99 Å². The molecule has 0 unspecified atom stereocenters. The highest BCUT2D eigenvalue weighted by molar-refractivity contribution is 14.0. The van der Waals surface area contributed by atoms with Gasteiger partial charge in [-0.05, 0) is 32.2 Å². The topological polar surface area (TPSA) is 48.9 Å². The van der Waals surface area contributed by atoms with Crippen LogP contribution in [-0.2, 0) is 4.74 Å². The SMILES string of the molecule is CN=C(NCCCC1CCCC1)NCCN(C)CCCOC.I. The van der Waals surface area contributed by atoms with Gasteiger partial charge in [-0.2, -0.15) is 0 Å². The molecule has 0 saturated heterocycles. The summed E-state index contributed by atoms with van der Waals surface area (Å²) >= 11 is 0. The minimum absolute atomic E-state index is 0. The van der Waals surface area contributed by atoms with Crippen LogP contribution in [0.5, 0.6) is 0 Å². The summed E-state index contributed by atoms with van der Waals surface area (Å²) in [5.74, 6) is 1.91. The Hall–Kier alpha value is -0.0800. The van der Waals surface area contributed by atoms with Gasteiger partial charge in [-0.25, -0.2) is 0 Å². The van der Waals surface area contributed by atoms with Gasteiger partial charge in [0.15, 0.2) is 5.96 Å². The van der Waals surface area contributed by atoms with Crippen LogP contribution in [0.1, 0.15) is 44.9 Å². The van der Waals surface area contributed by atoms with Crippen molar-refractivity contribution >= 4 is 29.9 Å². The molecule has 0 heterocycles. The van der Waals surface area contributed by atoms with Crippen molar-refractivity contribution in [2.45, 2.75) is 44.9 Å². The standard InChI is InChI=1S/C17H36N4O.HI/c1-18-17(19-11-6-10-16-8-4-5-9-16)20-12-14-21(2)13-7-15-22-3;/h16H,4-15H2,1-3H3,(H2,18,19,20);1H. The molecule has 5 nitrogen and oxygen atoms in total. The molecule has 6 heteroatoms. The molecule has 0 radical (unpaired) electrons. The lowest BCUT2D eigenvalue weighted by molar-refractivity contribution is 0.180. The lowest BCUT2D eigenvalue weighted by atomic mass is 10.0. The van der Waals surface area contributed by atoms with Crippen LogP contribution in [0, 0.1) is 5.92 Å². The van der Waals surface area contributed by atoms with Gasteiger partial charge >= 0.3 is 0 Å². The van der Waals surface area contributed by atoms with Gasteiger partial charge in [-0.1, -0.05) is 25.7 Å². The van der Waals surface area contributed by atoms with Crippen molar-refractivity contribution in [3.63, 3.8) is 0 Å². The molecule has 0 aromatic rings. The van der Waals surface area contributed by atoms with Crippen molar-refractivity contribution in [3.8, 4) is 0 Å². The largest absolute Gasteiger partial charge is 0.385 e. The van der Waals surface area contributed by atoms with Crippen LogP contribution in [0.4, 0.5) is 0 Å². The molecule has 0 spiro atoms. The first-order valence-corrected chi connectivity index (χ1v) is 8.88. The summed E-state index contributed by atoms with van der Waals surface area (Å²) in [5, 5.41) is 6.80. The van der Waals surface area contributed by atoms with Gasteiger partial charge < -0.3 is 20.3 Å². The molecule has 0 atom stereocenters. The van der Waals surface area contributed by atoms with E-state index in [9.17, 15) is 0 Å². The highest BCUT2D eigenvalue weighted by atomic mass is 127. The van der Waals surface area contributed by atoms with Crippen molar-refractivity contribution in [1.82, 2.24) is 15.5 Å². The third-order valence-electron chi connectivity index (χ3n) is 4.45. The van der Waals surface area contributed by atoms with E-state index < -0.39 is 0 Å². The van der Waals surface area contributed by atoms with Gasteiger partial charge in [-0.3, -0.25) is 4.99 Å². The molecule has 1 fully saturated rings. The number of ether oxygens (including phenoxy) is 1. The average Bonchev–Trinajstić information content (AvgIpc) is 3.03. The molecule has 0 aromatic heterocycles. The van der Waals surface area contributed by atoms with E-state index in [1.807, 2.05) is 7.05 Å². The van der Waals surface area contributed by atoms with Crippen LogP contribution in [0.25, 0.3) is 0 Å². The third kappa shape index (κ3) is 12.0. The number of nitrogens with one attached hydrogen (secondary N) is 2. The predicted molar refractivity (Wildman–Crippen MR) is 110 cm³/mol. The normalized spacial score (nSPS) is 15.7. The Kier molecular flexibility index (Phi) is 15.4. The second-order valence-electron chi connectivity index (χ2n) is 6.37. The fourth-order valence-corrected chi connectivity index (χ4v) is 3.07. The maximum absolute atomic E-state index is 5.07. The lowest BCUT2D eigenvalue weighted by Gasteiger charge is -2.18. The lowest BCUT2D eigenvalue weighted by Crippen LogP contribution is -2.41. The van der Waals surface area contributed by atoms with Gasteiger partial charge in [0, 0.05) is 46.9 Å². The summed E-state index contributed by atoms with van der Waals surface area (Å²) < 4.78 is 5.07. The molecule has 2 N–H and O–H groups in total. The zero-order chi connectivity index (χ0) is 16.0. The van der Waals surface area contributed by atoms with Gasteiger partial charge in [0.05, 0.1) is 0 Å². The first-order valence-electron chi connectivity index (χ1n) is 8.88. The Morgan fingerprint density at radius 2 is 1.83 bits per heavy atom. The molecule has 0 aliphatic heterocycles. The number of methoxy groups -OCH3 is 1. The van der Waals surface area contributed by atoms with Crippen molar-refractivity contribution < 1.29 is 4.74 Å². The van der Waals surface area contributed by atoms with E-state index in [2.05, 4.69) is 27.6 Å². The molecular weight excluding hydrogens is 403 g/mol. The number of hydrogen-bond acceptors (Lipinski definition) is 3. The minimum Gasteiger partial charge on any atom is -0.385 e. The van der Waals surface area contributed by atoms with Crippen LogP contribution in [0.2, 0.25) is 0 Å². The summed E-state index contributed by atoms with van der Waals surface area (Å²) in [6.45, 7) is 4.88. The second-order valence-corrected chi connectivity index (χ2v) is 6.37. The van der Waals surface area contributed by atoms with E-state index >= 15 is 0 Å². The Labute approximate surface area is 160 Å². The molecule has 1 aliphatic carbocycles. The smallest absolute Gasteiger partial charge is 0.191 e.